The molecule has 1 fully saturated rings. The lowest BCUT2D eigenvalue weighted by Gasteiger charge is -2.18. The van der Waals surface area contributed by atoms with Gasteiger partial charge in [0.15, 0.2) is 5.78 Å². The summed E-state index contributed by atoms with van der Waals surface area (Å²) in [5, 5.41) is 8.92. The van der Waals surface area contributed by atoms with Crippen LogP contribution in [0.3, 0.4) is 0 Å². The molecular formula is C16H16F3NO4. The van der Waals surface area contributed by atoms with E-state index in [4.69, 9.17) is 5.11 Å². The van der Waals surface area contributed by atoms with Crippen LogP contribution in [0.2, 0.25) is 0 Å². The number of benzene rings is 1. The zero-order chi connectivity index (χ0) is 17.9. The number of hydrogen-bond acceptors (Lipinski definition) is 3. The first-order valence-corrected chi connectivity index (χ1v) is 7.35. The van der Waals surface area contributed by atoms with Gasteiger partial charge >= 0.3 is 12.1 Å². The zero-order valence-corrected chi connectivity index (χ0v) is 12.6. The number of likely N-dealkylation sites (tertiary alicyclic amines) is 1. The molecule has 0 unspecified atom stereocenters. The lowest BCUT2D eigenvalue weighted by Crippen LogP contribution is -2.34. The van der Waals surface area contributed by atoms with E-state index in [1.54, 1.807) is 30.3 Å². The highest BCUT2D eigenvalue weighted by Crippen LogP contribution is 2.37. The van der Waals surface area contributed by atoms with Crippen LogP contribution >= 0.6 is 0 Å². The van der Waals surface area contributed by atoms with E-state index in [0.717, 1.165) is 4.90 Å². The largest absolute Gasteiger partial charge is 0.481 e. The maximum atomic E-state index is 12.9. The van der Waals surface area contributed by atoms with Crippen molar-refractivity contribution in [3.8, 4) is 0 Å². The quantitative estimate of drug-likeness (QED) is 0.833. The normalized spacial score (nSPS) is 20.9. The molecule has 0 bridgehead atoms. The summed E-state index contributed by atoms with van der Waals surface area (Å²) >= 11 is 0. The molecule has 130 valence electrons. The van der Waals surface area contributed by atoms with Gasteiger partial charge in [0.1, 0.15) is 0 Å². The van der Waals surface area contributed by atoms with Crippen LogP contribution in [0.5, 0.6) is 0 Å². The summed E-state index contributed by atoms with van der Waals surface area (Å²) in [7, 11) is 0. The van der Waals surface area contributed by atoms with Crippen LogP contribution in [0, 0.1) is 11.8 Å². The summed E-state index contributed by atoms with van der Waals surface area (Å²) in [6.07, 6.45) is -5.06. The fourth-order valence-electron chi connectivity index (χ4n) is 2.74. The first-order chi connectivity index (χ1) is 11.2. The monoisotopic (exact) mass is 343 g/mol. The average molecular weight is 343 g/mol. The van der Waals surface area contributed by atoms with Crippen molar-refractivity contribution in [3.05, 3.63) is 35.9 Å². The van der Waals surface area contributed by atoms with Gasteiger partial charge in [0, 0.05) is 31.5 Å². The van der Waals surface area contributed by atoms with Crippen LogP contribution in [0.25, 0.3) is 0 Å². The van der Waals surface area contributed by atoms with Crippen molar-refractivity contribution in [1.29, 1.82) is 0 Å². The van der Waals surface area contributed by atoms with Crippen molar-refractivity contribution in [2.75, 3.05) is 13.1 Å². The van der Waals surface area contributed by atoms with Gasteiger partial charge in [-0.3, -0.25) is 14.4 Å². The Morgan fingerprint density at radius 2 is 1.71 bits per heavy atom. The van der Waals surface area contributed by atoms with Crippen molar-refractivity contribution in [3.63, 3.8) is 0 Å². The topological polar surface area (TPSA) is 74.7 Å². The standard InChI is InChI=1S/C16H16F3NO4/c17-16(18,19)12-9-20(8-11(12)15(23)24)14(22)7-6-13(21)10-4-2-1-3-5-10/h1-5,11-12H,6-9H2,(H,23,24)/t11-,12-/m1/s1. The van der Waals surface area contributed by atoms with Gasteiger partial charge in [0.25, 0.3) is 0 Å². The molecular weight excluding hydrogens is 327 g/mol. The van der Waals surface area contributed by atoms with Gasteiger partial charge in [-0.1, -0.05) is 30.3 Å². The highest BCUT2D eigenvalue weighted by Gasteiger charge is 2.53. The molecule has 0 aliphatic carbocycles. The third-order valence-electron chi connectivity index (χ3n) is 4.07. The summed E-state index contributed by atoms with van der Waals surface area (Å²) in [6, 6.07) is 8.24. The van der Waals surface area contributed by atoms with Crippen molar-refractivity contribution in [1.82, 2.24) is 4.90 Å². The highest BCUT2D eigenvalue weighted by molar-refractivity contribution is 5.98. The Kier molecular flexibility index (Phi) is 5.26. The van der Waals surface area contributed by atoms with E-state index in [1.807, 2.05) is 0 Å². The molecule has 1 aromatic carbocycles. The predicted octanol–water partition coefficient (Wildman–Crippen LogP) is 2.37. The summed E-state index contributed by atoms with van der Waals surface area (Å²) in [5.74, 6) is -6.25. The fraction of sp³-hybridized carbons (Fsp3) is 0.438. The van der Waals surface area contributed by atoms with Crippen LogP contribution in [-0.2, 0) is 9.59 Å². The van der Waals surface area contributed by atoms with Gasteiger partial charge in [-0.05, 0) is 0 Å². The Morgan fingerprint density at radius 1 is 1.08 bits per heavy atom. The van der Waals surface area contributed by atoms with E-state index < -0.39 is 43.0 Å². The molecule has 1 N–H and O–H groups in total. The Bertz CT molecular complexity index is 630. The number of halogens is 3. The molecule has 1 amide bonds. The number of carbonyl (C=O) groups excluding carboxylic acids is 2. The third-order valence-corrected chi connectivity index (χ3v) is 4.07. The smallest absolute Gasteiger partial charge is 0.394 e. The minimum Gasteiger partial charge on any atom is -0.481 e. The SMILES string of the molecule is O=C(CCC(=O)N1C[C@@H](C(F)(F)F)[C@H](C(=O)O)C1)c1ccccc1. The Hall–Kier alpha value is -2.38. The molecule has 8 heteroatoms. The number of amides is 1. The number of carboxylic acid groups (broad SMARTS) is 1. The second-order valence-electron chi connectivity index (χ2n) is 5.68. The molecule has 0 saturated carbocycles. The molecule has 1 heterocycles. The van der Waals surface area contributed by atoms with Crippen LogP contribution in [-0.4, -0.2) is 46.9 Å². The van der Waals surface area contributed by atoms with Crippen molar-refractivity contribution in [2.24, 2.45) is 11.8 Å². The van der Waals surface area contributed by atoms with Crippen LogP contribution in [0.15, 0.2) is 30.3 Å². The molecule has 2 rings (SSSR count). The molecule has 24 heavy (non-hydrogen) atoms. The Balaban J connectivity index is 1.96. The minimum absolute atomic E-state index is 0.131. The van der Waals surface area contributed by atoms with Gasteiger partial charge in [-0.25, -0.2) is 0 Å². The van der Waals surface area contributed by atoms with Gasteiger partial charge < -0.3 is 10.0 Å². The van der Waals surface area contributed by atoms with E-state index in [2.05, 4.69) is 0 Å². The second kappa shape index (κ2) is 7.02. The third kappa shape index (κ3) is 4.12. The summed E-state index contributed by atoms with van der Waals surface area (Å²) in [4.78, 5) is 35.8. The summed E-state index contributed by atoms with van der Waals surface area (Å²) in [5.41, 5.74) is 0.420. The van der Waals surface area contributed by atoms with Crippen LogP contribution in [0.4, 0.5) is 13.2 Å². The van der Waals surface area contributed by atoms with Gasteiger partial charge in [-0.2, -0.15) is 13.2 Å². The summed E-state index contributed by atoms with van der Waals surface area (Å²) in [6.45, 7) is -1.17. The highest BCUT2D eigenvalue weighted by atomic mass is 19.4. The zero-order valence-electron chi connectivity index (χ0n) is 12.6. The molecule has 1 aliphatic rings. The number of Topliss-reactive ketones (excluding diaryl/α,β-unsaturated/α-hetero) is 1. The van der Waals surface area contributed by atoms with Crippen molar-refractivity contribution in [2.45, 2.75) is 19.0 Å². The van der Waals surface area contributed by atoms with Gasteiger partial charge in [0.2, 0.25) is 5.91 Å². The number of ketones is 1. The minimum atomic E-state index is -4.68. The number of carboxylic acids is 1. The van der Waals surface area contributed by atoms with Crippen LogP contribution < -0.4 is 0 Å². The lowest BCUT2D eigenvalue weighted by atomic mass is 9.96. The van der Waals surface area contributed by atoms with Crippen molar-refractivity contribution < 1.29 is 32.7 Å². The number of alkyl halides is 3. The lowest BCUT2D eigenvalue weighted by molar-refractivity contribution is -0.188. The Labute approximate surface area is 136 Å². The van der Waals surface area contributed by atoms with E-state index in [0.29, 0.717) is 5.56 Å². The number of aliphatic carboxylic acids is 1. The maximum Gasteiger partial charge on any atom is 0.394 e. The van der Waals surface area contributed by atoms with E-state index in [9.17, 15) is 27.6 Å². The van der Waals surface area contributed by atoms with Crippen molar-refractivity contribution >= 4 is 17.7 Å². The molecule has 2 atom stereocenters. The second-order valence-corrected chi connectivity index (χ2v) is 5.68. The molecule has 0 spiro atoms. The van der Waals surface area contributed by atoms with Gasteiger partial charge in [-0.15, -0.1) is 0 Å². The van der Waals surface area contributed by atoms with Crippen LogP contribution in [0.1, 0.15) is 23.2 Å². The molecule has 0 aromatic heterocycles. The number of hydrogen-bond donors (Lipinski definition) is 1. The van der Waals surface area contributed by atoms with E-state index in [1.165, 1.54) is 0 Å². The molecule has 5 nitrogen and oxygen atoms in total. The summed E-state index contributed by atoms with van der Waals surface area (Å²) < 4.78 is 38.7. The molecule has 1 aromatic rings. The molecule has 1 saturated heterocycles. The maximum absolute atomic E-state index is 12.9. The first-order valence-electron chi connectivity index (χ1n) is 7.35. The molecule has 1 aliphatic heterocycles. The Morgan fingerprint density at radius 3 is 2.21 bits per heavy atom. The predicted molar refractivity (Wildman–Crippen MR) is 77.3 cm³/mol. The molecule has 0 radical (unpaired) electrons. The van der Waals surface area contributed by atoms with Gasteiger partial charge in [0.05, 0.1) is 11.8 Å². The average Bonchev–Trinajstić information content (AvgIpc) is 2.99. The first kappa shape index (κ1) is 18.0. The van der Waals surface area contributed by atoms with E-state index >= 15 is 0 Å². The van der Waals surface area contributed by atoms with E-state index in [-0.39, 0.29) is 18.6 Å². The fourth-order valence-corrected chi connectivity index (χ4v) is 2.74. The number of nitrogens with zero attached hydrogens (tertiary/aromatic N) is 1. The number of carbonyl (C=O) groups is 3. The number of rotatable bonds is 5.